The highest BCUT2D eigenvalue weighted by Gasteiger charge is 2.30. The van der Waals surface area contributed by atoms with E-state index in [0.29, 0.717) is 18.4 Å². The van der Waals surface area contributed by atoms with Gasteiger partial charge in [-0.1, -0.05) is 54.8 Å². The average Bonchev–Trinajstić information content (AvgIpc) is 2.57. The molecule has 126 valence electrons. The van der Waals surface area contributed by atoms with Crippen LogP contribution in [0.4, 0.5) is 0 Å². The summed E-state index contributed by atoms with van der Waals surface area (Å²) < 4.78 is 34.2. The fourth-order valence-corrected chi connectivity index (χ4v) is 3.72. The van der Waals surface area contributed by atoms with Gasteiger partial charge in [0.05, 0.1) is 11.9 Å². The number of hydrogen-bond acceptors (Lipinski definition) is 6. The van der Waals surface area contributed by atoms with Crippen molar-refractivity contribution in [2.75, 3.05) is 6.61 Å². The minimum Gasteiger partial charge on any atom is -0.461 e. The number of hydrogen-bond donors (Lipinski definition) is 0. The van der Waals surface area contributed by atoms with E-state index < -0.39 is 21.3 Å². The van der Waals surface area contributed by atoms with Crippen LogP contribution in [0.2, 0.25) is 0 Å². The zero-order valence-electron chi connectivity index (χ0n) is 13.1. The number of ether oxygens (including phenoxy) is 1. The Morgan fingerprint density at radius 3 is 2.43 bits per heavy atom. The van der Waals surface area contributed by atoms with E-state index in [4.69, 9.17) is 9.02 Å². The average molecular weight is 339 g/mol. The Morgan fingerprint density at radius 2 is 1.83 bits per heavy atom. The monoisotopic (exact) mass is 339 g/mol. The molecule has 1 aliphatic rings. The van der Waals surface area contributed by atoms with Crippen molar-refractivity contribution in [3.05, 3.63) is 35.9 Å². The molecule has 1 aromatic carbocycles. The largest absolute Gasteiger partial charge is 0.461 e. The first kappa shape index (κ1) is 17.5. The van der Waals surface area contributed by atoms with Crippen LogP contribution < -0.4 is 0 Å². The van der Waals surface area contributed by atoms with Gasteiger partial charge < -0.3 is 4.74 Å². The summed E-state index contributed by atoms with van der Waals surface area (Å²) in [5.41, 5.74) is 0.302. The van der Waals surface area contributed by atoms with Crippen molar-refractivity contribution in [2.45, 2.75) is 44.3 Å². The van der Waals surface area contributed by atoms with Crippen LogP contribution >= 0.6 is 0 Å². The van der Waals surface area contributed by atoms with Crippen LogP contribution in [0.3, 0.4) is 0 Å². The summed E-state index contributed by atoms with van der Waals surface area (Å²) in [6, 6.07) is 8.52. The third-order valence-corrected chi connectivity index (χ3v) is 5.28. The SMILES string of the molecule is CCOC(=O)/C(=N/OS(=O)(=O)C1CCCCC1)c1ccccc1. The summed E-state index contributed by atoms with van der Waals surface area (Å²) in [4.78, 5) is 12.0. The van der Waals surface area contributed by atoms with E-state index in [0.717, 1.165) is 19.3 Å². The van der Waals surface area contributed by atoms with Crippen LogP contribution in [0.25, 0.3) is 0 Å². The summed E-state index contributed by atoms with van der Waals surface area (Å²) >= 11 is 0. The van der Waals surface area contributed by atoms with Gasteiger partial charge in [-0.2, -0.15) is 8.42 Å². The number of esters is 1. The fraction of sp³-hybridized carbons (Fsp3) is 0.500. The fourth-order valence-electron chi connectivity index (χ4n) is 2.51. The molecule has 7 heteroatoms. The lowest BCUT2D eigenvalue weighted by Gasteiger charge is -2.19. The van der Waals surface area contributed by atoms with Gasteiger partial charge in [-0.25, -0.2) is 4.79 Å². The standard InChI is InChI=1S/C16H21NO5S/c1-2-21-16(18)15(13-9-5-3-6-10-13)17-22-23(19,20)14-11-7-4-8-12-14/h3,5-6,9-10,14H,2,4,7-8,11-12H2,1H3/b17-15+. The Morgan fingerprint density at radius 1 is 1.17 bits per heavy atom. The molecule has 0 radical (unpaired) electrons. The molecule has 0 saturated heterocycles. The zero-order valence-corrected chi connectivity index (χ0v) is 13.9. The Labute approximate surface area is 136 Å². The molecule has 0 amide bonds. The van der Waals surface area contributed by atoms with Crippen LogP contribution in [0, 0.1) is 0 Å². The normalized spacial score (nSPS) is 16.8. The van der Waals surface area contributed by atoms with Gasteiger partial charge in [0.25, 0.3) is 0 Å². The smallest absolute Gasteiger partial charge is 0.361 e. The first-order valence-electron chi connectivity index (χ1n) is 7.77. The Balaban J connectivity index is 2.21. The molecule has 0 aromatic heterocycles. The Hall–Kier alpha value is -1.89. The second-order valence-electron chi connectivity index (χ2n) is 5.35. The van der Waals surface area contributed by atoms with Crippen molar-refractivity contribution in [1.29, 1.82) is 0 Å². The maximum Gasteiger partial charge on any atom is 0.361 e. The van der Waals surface area contributed by atoms with Crippen molar-refractivity contribution >= 4 is 21.8 Å². The first-order valence-corrected chi connectivity index (χ1v) is 9.24. The van der Waals surface area contributed by atoms with Crippen LogP contribution in [0.5, 0.6) is 0 Å². The minimum absolute atomic E-state index is 0.146. The first-order chi connectivity index (χ1) is 11.0. The molecule has 1 aliphatic carbocycles. The third kappa shape index (κ3) is 4.79. The van der Waals surface area contributed by atoms with Crippen LogP contribution in [-0.2, 0) is 23.9 Å². The van der Waals surface area contributed by atoms with E-state index in [1.807, 2.05) is 0 Å². The number of nitrogens with zero attached hydrogens (tertiary/aromatic N) is 1. The zero-order chi connectivity index (χ0) is 16.7. The van der Waals surface area contributed by atoms with Gasteiger partial charge in [0.2, 0.25) is 0 Å². The Bertz CT molecular complexity index is 648. The second kappa shape index (κ2) is 8.10. The quantitative estimate of drug-likeness (QED) is 0.452. The van der Waals surface area contributed by atoms with Gasteiger partial charge in [0.15, 0.2) is 5.71 Å². The molecule has 0 bridgehead atoms. The van der Waals surface area contributed by atoms with Crippen LogP contribution in [-0.4, -0.2) is 32.0 Å². The van der Waals surface area contributed by atoms with Crippen LogP contribution in [0.15, 0.2) is 35.5 Å². The highest BCUT2D eigenvalue weighted by Crippen LogP contribution is 2.25. The highest BCUT2D eigenvalue weighted by atomic mass is 32.2. The van der Waals surface area contributed by atoms with Gasteiger partial charge in [-0.05, 0) is 19.8 Å². The molecule has 0 aliphatic heterocycles. The number of oxime groups is 1. The van der Waals surface area contributed by atoms with Crippen molar-refractivity contribution < 1.29 is 22.2 Å². The van der Waals surface area contributed by atoms with Crippen molar-refractivity contribution in [1.82, 2.24) is 0 Å². The van der Waals surface area contributed by atoms with Crippen molar-refractivity contribution in [2.24, 2.45) is 5.16 Å². The molecule has 6 nitrogen and oxygen atoms in total. The second-order valence-corrected chi connectivity index (χ2v) is 7.16. The topological polar surface area (TPSA) is 82.0 Å². The summed E-state index contributed by atoms with van der Waals surface area (Å²) in [6.45, 7) is 1.83. The summed E-state index contributed by atoms with van der Waals surface area (Å²) in [7, 11) is -3.83. The summed E-state index contributed by atoms with van der Waals surface area (Å²) in [6.07, 6.45) is 3.89. The van der Waals surface area contributed by atoms with E-state index >= 15 is 0 Å². The lowest BCUT2D eigenvalue weighted by Crippen LogP contribution is -2.26. The molecule has 0 unspecified atom stereocenters. The molecular formula is C16H21NO5S. The molecule has 1 saturated carbocycles. The lowest BCUT2D eigenvalue weighted by molar-refractivity contribution is -0.135. The molecule has 0 heterocycles. The predicted molar refractivity (Wildman–Crippen MR) is 86.5 cm³/mol. The molecule has 23 heavy (non-hydrogen) atoms. The maximum atomic E-state index is 12.2. The summed E-state index contributed by atoms with van der Waals surface area (Å²) in [5, 5.41) is 3.06. The molecule has 0 atom stereocenters. The van der Waals surface area contributed by atoms with Gasteiger partial charge in [-0.15, -0.1) is 0 Å². The Kier molecular flexibility index (Phi) is 6.15. The molecule has 1 fully saturated rings. The van der Waals surface area contributed by atoms with E-state index in [2.05, 4.69) is 5.16 Å². The number of carbonyl (C=O) groups excluding carboxylic acids is 1. The maximum absolute atomic E-state index is 12.2. The third-order valence-electron chi connectivity index (χ3n) is 3.71. The lowest BCUT2D eigenvalue weighted by atomic mass is 10.0. The van der Waals surface area contributed by atoms with Gasteiger partial charge in [0.1, 0.15) is 0 Å². The molecular weight excluding hydrogens is 318 g/mol. The highest BCUT2D eigenvalue weighted by molar-refractivity contribution is 7.87. The predicted octanol–water partition coefficient (Wildman–Crippen LogP) is 2.63. The molecule has 0 spiro atoms. The number of carbonyl (C=O) groups is 1. The van der Waals surface area contributed by atoms with E-state index in [1.165, 1.54) is 0 Å². The van der Waals surface area contributed by atoms with Gasteiger partial charge >= 0.3 is 16.1 Å². The summed E-state index contributed by atoms with van der Waals surface area (Å²) in [5.74, 6) is -0.711. The number of rotatable bonds is 6. The molecule has 0 N–H and O–H groups in total. The van der Waals surface area contributed by atoms with E-state index in [9.17, 15) is 13.2 Å². The van der Waals surface area contributed by atoms with E-state index in [-0.39, 0.29) is 12.3 Å². The molecule has 2 rings (SSSR count). The minimum atomic E-state index is -3.83. The van der Waals surface area contributed by atoms with E-state index in [1.54, 1.807) is 37.3 Å². The number of benzene rings is 1. The van der Waals surface area contributed by atoms with Gasteiger partial charge in [-0.3, -0.25) is 4.28 Å². The van der Waals surface area contributed by atoms with Crippen molar-refractivity contribution in [3.8, 4) is 0 Å². The van der Waals surface area contributed by atoms with Crippen LogP contribution in [0.1, 0.15) is 44.6 Å². The van der Waals surface area contributed by atoms with Gasteiger partial charge in [0, 0.05) is 5.56 Å². The van der Waals surface area contributed by atoms with Crippen molar-refractivity contribution in [3.63, 3.8) is 0 Å². The molecule has 1 aromatic rings.